The first-order chi connectivity index (χ1) is 17.6. The van der Waals surface area contributed by atoms with Gasteiger partial charge in [-0.05, 0) is 59.3 Å². The molecule has 3 aromatic heterocycles. The van der Waals surface area contributed by atoms with Crippen LogP contribution in [0, 0.1) is 0 Å². The van der Waals surface area contributed by atoms with Crippen LogP contribution in [0.3, 0.4) is 0 Å². The Morgan fingerprint density at radius 1 is 0.972 bits per heavy atom. The molecule has 36 heavy (non-hydrogen) atoms. The summed E-state index contributed by atoms with van der Waals surface area (Å²) in [6.45, 7) is 0. The highest BCUT2D eigenvalue weighted by Gasteiger charge is 2.29. The molecule has 0 bridgehead atoms. The molecule has 0 saturated heterocycles. The summed E-state index contributed by atoms with van der Waals surface area (Å²) in [6, 6.07) is 17.1. The van der Waals surface area contributed by atoms with Crippen LogP contribution in [-0.4, -0.2) is 36.2 Å². The van der Waals surface area contributed by atoms with E-state index < -0.39 is 11.9 Å². The number of aromatic nitrogens is 2. The first-order valence-corrected chi connectivity index (χ1v) is 11.6. The van der Waals surface area contributed by atoms with Gasteiger partial charge in [-0.3, -0.25) is 15.1 Å². The fourth-order valence-corrected chi connectivity index (χ4v) is 4.34. The van der Waals surface area contributed by atoms with Crippen LogP contribution in [0.15, 0.2) is 76.8 Å². The minimum atomic E-state index is -0.761. The average Bonchev–Trinajstić information content (AvgIpc) is 3.55. The van der Waals surface area contributed by atoms with Gasteiger partial charge in [0.2, 0.25) is 5.88 Å². The van der Waals surface area contributed by atoms with Gasteiger partial charge in [0.25, 0.3) is 5.91 Å². The summed E-state index contributed by atoms with van der Waals surface area (Å²) < 4.78 is 22.6. The minimum absolute atomic E-state index is 0.0695. The lowest BCUT2D eigenvalue weighted by Gasteiger charge is -2.10. The minimum Gasteiger partial charge on any atom is -0.497 e. The van der Waals surface area contributed by atoms with Crippen LogP contribution in [0.2, 0.25) is 0 Å². The Kier molecular flexibility index (Phi) is 6.33. The van der Waals surface area contributed by atoms with E-state index in [0.717, 1.165) is 10.1 Å². The van der Waals surface area contributed by atoms with Crippen molar-refractivity contribution in [2.24, 2.45) is 0 Å². The second kappa shape index (κ2) is 9.88. The van der Waals surface area contributed by atoms with Crippen molar-refractivity contribution in [3.05, 3.63) is 83.4 Å². The van der Waals surface area contributed by atoms with Gasteiger partial charge in [-0.25, -0.2) is 4.79 Å². The van der Waals surface area contributed by atoms with Gasteiger partial charge in [0.05, 0.1) is 25.5 Å². The lowest BCUT2D eigenvalue weighted by atomic mass is 10.1. The van der Waals surface area contributed by atoms with Crippen molar-refractivity contribution in [3.63, 3.8) is 0 Å². The number of ether oxygens (including phenoxy) is 3. The molecule has 9 nitrogen and oxygen atoms in total. The number of nitrogens with one attached hydrogen (secondary N) is 1. The van der Waals surface area contributed by atoms with Crippen LogP contribution in [0.4, 0.5) is 5.88 Å². The molecule has 3 heterocycles. The third kappa shape index (κ3) is 4.49. The molecule has 0 aliphatic rings. The largest absolute Gasteiger partial charge is 0.497 e. The summed E-state index contributed by atoms with van der Waals surface area (Å²) in [6.07, 6.45) is 1.56. The van der Waals surface area contributed by atoms with Crippen LogP contribution in [0.1, 0.15) is 20.7 Å². The smallest absolute Gasteiger partial charge is 0.351 e. The van der Waals surface area contributed by atoms with Crippen molar-refractivity contribution in [3.8, 4) is 28.6 Å². The Hall–Kier alpha value is -4.70. The number of rotatable bonds is 7. The zero-order valence-electron chi connectivity index (χ0n) is 19.2. The number of esters is 1. The molecule has 0 saturated carbocycles. The summed E-state index contributed by atoms with van der Waals surface area (Å²) >= 11 is 1.59. The van der Waals surface area contributed by atoms with E-state index in [-0.39, 0.29) is 28.5 Å². The van der Waals surface area contributed by atoms with Gasteiger partial charge in [0.15, 0.2) is 5.56 Å². The molecule has 10 heteroatoms. The van der Waals surface area contributed by atoms with Gasteiger partial charge in [-0.1, -0.05) is 11.2 Å². The topological polar surface area (TPSA) is 113 Å². The first-order valence-electron chi connectivity index (χ1n) is 10.7. The number of pyridine rings is 1. The molecule has 180 valence electrons. The SMILES string of the molecule is COc1ccc(C(=O)Nc2onc(-c3ccccn3)c2C(=O)Oc2ccc3sccc3c2)c(OC)c1. The second-order valence-electron chi connectivity index (χ2n) is 7.48. The van der Waals surface area contributed by atoms with Gasteiger partial charge >= 0.3 is 5.97 Å². The van der Waals surface area contributed by atoms with E-state index in [1.165, 1.54) is 20.3 Å². The van der Waals surface area contributed by atoms with Gasteiger partial charge in [-0.2, -0.15) is 0 Å². The van der Waals surface area contributed by atoms with Crippen molar-refractivity contribution < 1.29 is 28.3 Å². The number of nitrogens with zero attached hydrogens (tertiary/aromatic N) is 2. The molecular formula is C26H19N3O6S. The monoisotopic (exact) mass is 501 g/mol. The molecule has 0 unspecified atom stereocenters. The van der Waals surface area contributed by atoms with Gasteiger partial charge in [0, 0.05) is 17.0 Å². The fraction of sp³-hybridized carbons (Fsp3) is 0.0769. The quantitative estimate of drug-likeness (QED) is 0.232. The molecule has 0 aliphatic carbocycles. The normalized spacial score (nSPS) is 10.7. The molecule has 0 atom stereocenters. The van der Waals surface area contributed by atoms with Crippen molar-refractivity contribution in [2.45, 2.75) is 0 Å². The predicted molar refractivity (Wildman–Crippen MR) is 134 cm³/mol. The first kappa shape index (κ1) is 23.1. The number of fused-ring (bicyclic) bond motifs is 1. The van der Waals surface area contributed by atoms with E-state index in [9.17, 15) is 9.59 Å². The molecule has 0 radical (unpaired) electrons. The highest BCUT2D eigenvalue weighted by Crippen LogP contribution is 2.32. The molecule has 0 spiro atoms. The number of amides is 1. The van der Waals surface area contributed by atoms with E-state index in [0.29, 0.717) is 17.2 Å². The number of carbonyl (C=O) groups excluding carboxylic acids is 2. The van der Waals surface area contributed by atoms with Crippen molar-refractivity contribution in [2.75, 3.05) is 19.5 Å². The van der Waals surface area contributed by atoms with E-state index in [1.807, 2.05) is 17.5 Å². The van der Waals surface area contributed by atoms with Crippen LogP contribution in [-0.2, 0) is 0 Å². The second-order valence-corrected chi connectivity index (χ2v) is 8.43. The Morgan fingerprint density at radius 3 is 2.61 bits per heavy atom. The number of hydrogen-bond donors (Lipinski definition) is 1. The molecular weight excluding hydrogens is 482 g/mol. The van der Waals surface area contributed by atoms with Crippen LogP contribution in [0.25, 0.3) is 21.5 Å². The third-order valence-corrected chi connectivity index (χ3v) is 6.22. The van der Waals surface area contributed by atoms with Gasteiger partial charge in [-0.15, -0.1) is 11.3 Å². The maximum absolute atomic E-state index is 13.3. The van der Waals surface area contributed by atoms with E-state index >= 15 is 0 Å². The Morgan fingerprint density at radius 2 is 1.83 bits per heavy atom. The zero-order valence-corrected chi connectivity index (χ0v) is 20.0. The summed E-state index contributed by atoms with van der Waals surface area (Å²) in [5, 5.41) is 9.51. The number of hydrogen-bond acceptors (Lipinski definition) is 9. The highest BCUT2D eigenvalue weighted by atomic mass is 32.1. The zero-order chi connectivity index (χ0) is 25.1. The summed E-state index contributed by atoms with van der Waals surface area (Å²) in [7, 11) is 2.95. The standard InChI is InChI=1S/C26H19N3O6S/c1-32-16-6-8-18(20(14-16)33-2)24(30)28-25-22(23(29-35-25)19-5-3-4-11-27-19)26(31)34-17-7-9-21-15(13-17)10-12-36-21/h3-14H,1-2H3,(H,28,30). The van der Waals surface area contributed by atoms with Crippen molar-refractivity contribution in [1.29, 1.82) is 0 Å². The molecule has 5 rings (SSSR count). The Balaban J connectivity index is 1.50. The number of carbonyl (C=O) groups is 2. The van der Waals surface area contributed by atoms with E-state index in [2.05, 4.69) is 15.5 Å². The van der Waals surface area contributed by atoms with E-state index in [1.54, 1.807) is 60.0 Å². The molecule has 5 aromatic rings. The van der Waals surface area contributed by atoms with Gasteiger partial charge in [0.1, 0.15) is 22.9 Å². The molecule has 2 aromatic carbocycles. The van der Waals surface area contributed by atoms with Crippen LogP contribution >= 0.6 is 11.3 Å². The molecule has 1 amide bonds. The molecule has 0 aliphatic heterocycles. The number of benzene rings is 2. The average molecular weight is 502 g/mol. The summed E-state index contributed by atoms with van der Waals surface area (Å²) in [5.41, 5.74) is 0.648. The third-order valence-electron chi connectivity index (χ3n) is 5.32. The molecule has 0 fully saturated rings. The number of methoxy groups -OCH3 is 2. The Bertz CT molecular complexity index is 1560. The Labute approximate surface area is 209 Å². The maximum atomic E-state index is 13.3. The number of thiophene rings is 1. The van der Waals surface area contributed by atoms with Crippen molar-refractivity contribution >= 4 is 39.2 Å². The van der Waals surface area contributed by atoms with Crippen LogP contribution < -0.4 is 19.5 Å². The van der Waals surface area contributed by atoms with E-state index in [4.69, 9.17) is 18.7 Å². The van der Waals surface area contributed by atoms with Crippen molar-refractivity contribution in [1.82, 2.24) is 10.1 Å². The highest BCUT2D eigenvalue weighted by molar-refractivity contribution is 7.17. The lowest BCUT2D eigenvalue weighted by Crippen LogP contribution is -2.17. The fourth-order valence-electron chi connectivity index (χ4n) is 3.57. The maximum Gasteiger partial charge on any atom is 0.351 e. The molecule has 1 N–H and O–H groups in total. The lowest BCUT2D eigenvalue weighted by molar-refractivity contribution is 0.0736. The number of anilines is 1. The van der Waals surface area contributed by atoms with Crippen LogP contribution in [0.5, 0.6) is 17.2 Å². The summed E-state index contributed by atoms with van der Waals surface area (Å²) in [5.74, 6) is -0.374. The predicted octanol–water partition coefficient (Wildman–Crippen LogP) is 5.44. The summed E-state index contributed by atoms with van der Waals surface area (Å²) in [4.78, 5) is 30.7. The van der Waals surface area contributed by atoms with Gasteiger partial charge < -0.3 is 18.7 Å².